The molecule has 0 fully saturated rings. The third-order valence-electron chi connectivity index (χ3n) is 1.11. The lowest BCUT2D eigenvalue weighted by Crippen LogP contribution is -2.08. The Morgan fingerprint density at radius 1 is 1.54 bits per heavy atom. The fourth-order valence-electron chi connectivity index (χ4n) is 0.638. The first-order valence-electron chi connectivity index (χ1n) is 3.10. The Morgan fingerprint density at radius 2 is 2.15 bits per heavy atom. The first-order valence-corrected chi connectivity index (χ1v) is 3.10. The van der Waals surface area contributed by atoms with E-state index in [1.54, 1.807) is 5.10 Å². The third-order valence-corrected chi connectivity index (χ3v) is 1.11. The van der Waals surface area contributed by atoms with Crippen LogP contribution in [-0.4, -0.2) is 26.3 Å². The molecule has 2 N–H and O–H groups in total. The number of aliphatic carboxylic acids is 1. The molecule has 0 saturated heterocycles. The maximum Gasteiger partial charge on any atom is 0.451 e. The fourth-order valence-corrected chi connectivity index (χ4v) is 0.638. The van der Waals surface area contributed by atoms with Crippen LogP contribution in [0.2, 0.25) is 0 Å². The number of nitrogens with zero attached hydrogens (tertiary/aromatic N) is 2. The number of carbonyl (C=O) groups is 1. The zero-order chi connectivity index (χ0) is 10.1. The van der Waals surface area contributed by atoms with Gasteiger partial charge in [0.05, 0.1) is 0 Å². The lowest BCUT2D eigenvalue weighted by atomic mass is 10.4. The van der Waals surface area contributed by atoms with E-state index >= 15 is 0 Å². The Balaban J connectivity index is 2.81. The number of H-pyrrole nitrogens is 1. The standard InChI is InChI=1S/C5H4F3N3O2/c6-5(7,8)4-9-2(10-11-4)1-3(12)13/h1H2,(H,12,13)(H,9,10,11). The fraction of sp³-hybridized carbons (Fsp3) is 0.400. The van der Waals surface area contributed by atoms with Gasteiger partial charge in [-0.05, 0) is 0 Å². The minimum Gasteiger partial charge on any atom is -0.481 e. The van der Waals surface area contributed by atoms with Gasteiger partial charge in [0.1, 0.15) is 6.42 Å². The molecule has 0 radical (unpaired) electrons. The monoisotopic (exact) mass is 195 g/mol. The minimum absolute atomic E-state index is 0.389. The smallest absolute Gasteiger partial charge is 0.451 e. The Hall–Kier alpha value is -1.60. The molecule has 0 saturated carbocycles. The summed E-state index contributed by atoms with van der Waals surface area (Å²) in [6, 6.07) is 0. The molecular formula is C5H4F3N3O2. The van der Waals surface area contributed by atoms with Gasteiger partial charge >= 0.3 is 12.1 Å². The van der Waals surface area contributed by atoms with Gasteiger partial charge in [-0.2, -0.15) is 18.3 Å². The van der Waals surface area contributed by atoms with Crippen LogP contribution < -0.4 is 0 Å². The highest BCUT2D eigenvalue weighted by Gasteiger charge is 2.35. The highest BCUT2D eigenvalue weighted by Crippen LogP contribution is 2.25. The molecule has 0 bridgehead atoms. The van der Waals surface area contributed by atoms with E-state index in [9.17, 15) is 18.0 Å². The third kappa shape index (κ3) is 2.42. The van der Waals surface area contributed by atoms with Gasteiger partial charge in [0.15, 0.2) is 5.82 Å². The average molecular weight is 195 g/mol. The molecule has 1 rings (SSSR count). The number of hydrogen-bond donors (Lipinski definition) is 2. The number of aromatic amines is 1. The molecule has 8 heteroatoms. The molecule has 0 atom stereocenters. The van der Waals surface area contributed by atoms with Crippen molar-refractivity contribution in [2.45, 2.75) is 12.6 Å². The summed E-state index contributed by atoms with van der Waals surface area (Å²) < 4.78 is 35.6. The van der Waals surface area contributed by atoms with Crippen LogP contribution in [0.5, 0.6) is 0 Å². The summed E-state index contributed by atoms with van der Waals surface area (Å²) in [7, 11) is 0. The van der Waals surface area contributed by atoms with E-state index in [0.717, 1.165) is 0 Å². The number of carboxylic acid groups (broad SMARTS) is 1. The van der Waals surface area contributed by atoms with Crippen molar-refractivity contribution >= 4 is 5.97 Å². The van der Waals surface area contributed by atoms with Crippen molar-refractivity contribution < 1.29 is 23.1 Å². The Bertz CT molecular complexity index is 319. The molecule has 0 aliphatic carbocycles. The molecule has 0 aromatic carbocycles. The van der Waals surface area contributed by atoms with Gasteiger partial charge in [0, 0.05) is 0 Å². The summed E-state index contributed by atoms with van der Waals surface area (Å²) in [6.45, 7) is 0. The molecule has 13 heavy (non-hydrogen) atoms. The highest BCUT2D eigenvalue weighted by molar-refractivity contribution is 5.68. The SMILES string of the molecule is O=C(O)Cc1n[nH]c(C(F)(F)F)n1. The van der Waals surface area contributed by atoms with E-state index in [1.165, 1.54) is 0 Å². The molecule has 0 spiro atoms. The van der Waals surface area contributed by atoms with Crippen LogP contribution in [-0.2, 0) is 17.4 Å². The van der Waals surface area contributed by atoms with Gasteiger partial charge in [-0.15, -0.1) is 0 Å². The molecule has 1 heterocycles. The summed E-state index contributed by atoms with van der Waals surface area (Å²) >= 11 is 0. The minimum atomic E-state index is -4.62. The zero-order valence-electron chi connectivity index (χ0n) is 6.09. The van der Waals surface area contributed by atoms with Crippen molar-refractivity contribution in [3.05, 3.63) is 11.6 Å². The summed E-state index contributed by atoms with van der Waals surface area (Å²) in [5.41, 5.74) is 0. The van der Waals surface area contributed by atoms with E-state index in [1.807, 2.05) is 0 Å². The zero-order valence-corrected chi connectivity index (χ0v) is 6.09. The number of hydrogen-bond acceptors (Lipinski definition) is 3. The van der Waals surface area contributed by atoms with E-state index in [0.29, 0.717) is 0 Å². The number of rotatable bonds is 2. The topological polar surface area (TPSA) is 78.9 Å². The second kappa shape index (κ2) is 3.04. The molecule has 0 aliphatic rings. The predicted molar refractivity (Wildman–Crippen MR) is 32.7 cm³/mol. The molecule has 1 aromatic heterocycles. The van der Waals surface area contributed by atoms with Crippen LogP contribution in [0, 0.1) is 0 Å². The number of carboxylic acids is 1. The van der Waals surface area contributed by atoms with Crippen molar-refractivity contribution in [1.29, 1.82) is 0 Å². The Morgan fingerprint density at radius 3 is 2.54 bits per heavy atom. The van der Waals surface area contributed by atoms with Gasteiger partial charge in [-0.3, -0.25) is 9.89 Å². The van der Waals surface area contributed by atoms with E-state index < -0.39 is 24.4 Å². The van der Waals surface area contributed by atoms with E-state index in [-0.39, 0.29) is 5.82 Å². The van der Waals surface area contributed by atoms with Crippen LogP contribution >= 0.6 is 0 Å². The number of nitrogens with one attached hydrogen (secondary N) is 1. The van der Waals surface area contributed by atoms with Crippen molar-refractivity contribution in [2.24, 2.45) is 0 Å². The van der Waals surface area contributed by atoms with Crippen molar-refractivity contribution in [3.8, 4) is 0 Å². The lowest BCUT2D eigenvalue weighted by molar-refractivity contribution is -0.145. The largest absolute Gasteiger partial charge is 0.481 e. The Kier molecular flexibility index (Phi) is 2.22. The molecule has 0 unspecified atom stereocenters. The first kappa shape index (κ1) is 9.49. The molecule has 0 aliphatic heterocycles. The maximum absolute atomic E-state index is 11.9. The van der Waals surface area contributed by atoms with Gasteiger partial charge < -0.3 is 5.11 Å². The van der Waals surface area contributed by atoms with E-state index in [2.05, 4.69) is 10.1 Å². The molecular weight excluding hydrogens is 191 g/mol. The highest BCUT2D eigenvalue weighted by atomic mass is 19.4. The van der Waals surface area contributed by atoms with Crippen LogP contribution in [0.4, 0.5) is 13.2 Å². The van der Waals surface area contributed by atoms with Gasteiger partial charge in [-0.1, -0.05) is 0 Å². The maximum atomic E-state index is 11.9. The van der Waals surface area contributed by atoms with E-state index in [4.69, 9.17) is 5.11 Å². The molecule has 5 nitrogen and oxygen atoms in total. The molecule has 72 valence electrons. The van der Waals surface area contributed by atoms with Crippen molar-refractivity contribution in [1.82, 2.24) is 15.2 Å². The summed E-state index contributed by atoms with van der Waals surface area (Å²) in [4.78, 5) is 13.0. The van der Waals surface area contributed by atoms with Crippen molar-refractivity contribution in [3.63, 3.8) is 0 Å². The molecule has 1 aromatic rings. The average Bonchev–Trinajstić information content (AvgIpc) is 2.32. The lowest BCUT2D eigenvalue weighted by Gasteiger charge is -1.98. The second-order valence-electron chi connectivity index (χ2n) is 2.17. The normalized spacial score (nSPS) is 11.6. The predicted octanol–water partition coefficient (Wildman–Crippen LogP) is 0.451. The number of aromatic nitrogens is 3. The van der Waals surface area contributed by atoms with Gasteiger partial charge in [-0.25, -0.2) is 4.98 Å². The van der Waals surface area contributed by atoms with Crippen LogP contribution in [0.3, 0.4) is 0 Å². The second-order valence-corrected chi connectivity index (χ2v) is 2.17. The van der Waals surface area contributed by atoms with Crippen LogP contribution in [0.15, 0.2) is 0 Å². The summed E-state index contributed by atoms with van der Waals surface area (Å²) in [5.74, 6) is -2.96. The van der Waals surface area contributed by atoms with Crippen LogP contribution in [0.25, 0.3) is 0 Å². The summed E-state index contributed by atoms with van der Waals surface area (Å²) in [6.07, 6.45) is -5.25. The van der Waals surface area contributed by atoms with Gasteiger partial charge in [0.25, 0.3) is 0 Å². The Labute approximate surface area is 69.6 Å². The number of alkyl halides is 3. The van der Waals surface area contributed by atoms with Gasteiger partial charge in [0.2, 0.25) is 5.82 Å². The van der Waals surface area contributed by atoms with Crippen LogP contribution in [0.1, 0.15) is 11.6 Å². The molecule has 0 amide bonds. The van der Waals surface area contributed by atoms with Crippen molar-refractivity contribution in [2.75, 3.05) is 0 Å². The quantitative estimate of drug-likeness (QED) is 0.718. The summed E-state index contributed by atoms with van der Waals surface area (Å²) in [5, 5.41) is 12.9. The number of halogens is 3. The first-order chi connectivity index (χ1) is 5.89.